The summed E-state index contributed by atoms with van der Waals surface area (Å²) in [6.45, 7) is 0.671. The Balaban J connectivity index is 1.44. The third-order valence-corrected chi connectivity index (χ3v) is 5.97. The number of nitrogens with one attached hydrogen (secondary N) is 1. The smallest absolute Gasteiger partial charge is 0.269 e. The molecule has 172 valence electrons. The summed E-state index contributed by atoms with van der Waals surface area (Å²) in [5.41, 5.74) is 2.51. The zero-order chi connectivity index (χ0) is 23.4. The van der Waals surface area contributed by atoms with E-state index in [2.05, 4.69) is 5.32 Å². The Labute approximate surface area is 190 Å². The summed E-state index contributed by atoms with van der Waals surface area (Å²) in [4.78, 5) is 10.3. The number of ether oxygens (including phenoxy) is 1. The molecule has 33 heavy (non-hydrogen) atoms. The second-order valence-electron chi connectivity index (χ2n) is 8.17. The van der Waals surface area contributed by atoms with Crippen molar-refractivity contribution in [1.82, 2.24) is 5.32 Å². The minimum atomic E-state index is -0.704. The van der Waals surface area contributed by atoms with Crippen molar-refractivity contribution in [3.05, 3.63) is 111 Å². The van der Waals surface area contributed by atoms with Gasteiger partial charge in [-0.15, -0.1) is 0 Å². The number of aliphatic hydroxyl groups is 1. The number of non-ortho nitro benzene ring substituents is 1. The first kappa shape index (κ1) is 23.0. The fraction of sp³-hybridized carbons (Fsp3) is 0.280. The highest BCUT2D eigenvalue weighted by molar-refractivity contribution is 5.35. The van der Waals surface area contributed by atoms with Gasteiger partial charge < -0.3 is 15.2 Å². The van der Waals surface area contributed by atoms with Crippen molar-refractivity contribution in [2.75, 3.05) is 6.61 Å². The highest BCUT2D eigenvalue weighted by Crippen LogP contribution is 2.35. The van der Waals surface area contributed by atoms with Gasteiger partial charge >= 0.3 is 0 Å². The van der Waals surface area contributed by atoms with Crippen LogP contribution in [0.15, 0.2) is 72.8 Å². The molecule has 1 aliphatic heterocycles. The molecule has 0 radical (unpaired) electrons. The lowest BCUT2D eigenvalue weighted by atomic mass is 9.82. The van der Waals surface area contributed by atoms with Crippen LogP contribution in [0.3, 0.4) is 0 Å². The maximum Gasteiger partial charge on any atom is 0.269 e. The highest BCUT2D eigenvalue weighted by Gasteiger charge is 2.35. The molecule has 8 heteroatoms. The first-order valence-corrected chi connectivity index (χ1v) is 10.7. The normalized spacial score (nSPS) is 20.7. The van der Waals surface area contributed by atoms with E-state index in [1.165, 1.54) is 36.4 Å². The van der Waals surface area contributed by atoms with E-state index in [4.69, 9.17) is 4.74 Å². The number of aliphatic hydroxyl groups excluding tert-OH is 1. The van der Waals surface area contributed by atoms with Crippen LogP contribution in [0.2, 0.25) is 0 Å². The van der Waals surface area contributed by atoms with Gasteiger partial charge in [0.25, 0.3) is 5.69 Å². The van der Waals surface area contributed by atoms with Crippen LogP contribution in [0.25, 0.3) is 0 Å². The Kier molecular flexibility index (Phi) is 7.08. The maximum absolute atomic E-state index is 13.5. The van der Waals surface area contributed by atoms with Crippen molar-refractivity contribution in [2.24, 2.45) is 0 Å². The van der Waals surface area contributed by atoms with Crippen LogP contribution in [0.5, 0.6) is 0 Å². The minimum Gasteiger partial charge on any atom is -0.391 e. The number of nitro groups is 1. The molecule has 0 saturated carbocycles. The molecular formula is C25H24F2N2O4. The molecule has 0 unspecified atom stereocenters. The minimum absolute atomic E-state index is 0.0234. The van der Waals surface area contributed by atoms with Crippen LogP contribution in [-0.2, 0) is 11.3 Å². The largest absolute Gasteiger partial charge is 0.391 e. The van der Waals surface area contributed by atoms with Gasteiger partial charge in [0.05, 0.1) is 29.8 Å². The Bertz CT molecular complexity index is 1030. The summed E-state index contributed by atoms with van der Waals surface area (Å²) in [5, 5.41) is 24.8. The van der Waals surface area contributed by atoms with Crippen LogP contribution in [0, 0.1) is 21.7 Å². The number of nitrogens with zero attached hydrogens (tertiary/aromatic N) is 1. The van der Waals surface area contributed by atoms with Crippen LogP contribution >= 0.6 is 0 Å². The van der Waals surface area contributed by atoms with Gasteiger partial charge in [-0.2, -0.15) is 0 Å². The van der Waals surface area contributed by atoms with Gasteiger partial charge in [-0.05, 0) is 41.0 Å². The van der Waals surface area contributed by atoms with Crippen LogP contribution in [0.1, 0.15) is 29.0 Å². The van der Waals surface area contributed by atoms with E-state index in [1.807, 2.05) is 0 Å². The fourth-order valence-electron chi connectivity index (χ4n) is 4.18. The summed E-state index contributed by atoms with van der Waals surface area (Å²) in [6.07, 6.45) is -0.754. The van der Waals surface area contributed by atoms with Gasteiger partial charge in [0.15, 0.2) is 0 Å². The molecule has 1 fully saturated rings. The van der Waals surface area contributed by atoms with Crippen molar-refractivity contribution >= 4 is 5.69 Å². The molecule has 0 aliphatic carbocycles. The number of halogens is 2. The van der Waals surface area contributed by atoms with Gasteiger partial charge in [-0.25, -0.2) is 8.78 Å². The van der Waals surface area contributed by atoms with E-state index in [9.17, 15) is 24.0 Å². The molecule has 3 aromatic carbocycles. The van der Waals surface area contributed by atoms with Gasteiger partial charge in [-0.3, -0.25) is 10.1 Å². The molecule has 1 saturated heterocycles. The first-order valence-electron chi connectivity index (χ1n) is 10.7. The molecule has 3 aromatic rings. The monoisotopic (exact) mass is 454 g/mol. The molecular weight excluding hydrogens is 430 g/mol. The number of benzene rings is 3. The highest BCUT2D eigenvalue weighted by atomic mass is 19.1. The molecule has 1 heterocycles. The summed E-state index contributed by atoms with van der Waals surface area (Å²) >= 11 is 0. The SMILES string of the molecule is O=[N+]([O-])c1ccc(CN[C@@H]2CO[C@H](C(c3ccc(F)cc3)c3ccc(F)cc3)C[C@H]2O)cc1. The quantitative estimate of drug-likeness (QED) is 0.411. The molecule has 3 atom stereocenters. The standard InChI is InChI=1S/C25H24F2N2O4/c26-19-7-3-17(4-8-19)25(18-5-9-20(27)10-6-18)24-13-23(30)22(15-33-24)28-14-16-1-11-21(12-2-16)29(31)32/h1-12,22-25,28,30H,13-15H2/t22-,23-,24+/m1/s1. The Morgan fingerprint density at radius 1 is 0.970 bits per heavy atom. The third-order valence-electron chi connectivity index (χ3n) is 5.97. The van der Waals surface area contributed by atoms with Crippen LogP contribution < -0.4 is 5.32 Å². The Morgan fingerprint density at radius 2 is 1.52 bits per heavy atom. The zero-order valence-electron chi connectivity index (χ0n) is 17.7. The van der Waals surface area contributed by atoms with Crippen molar-refractivity contribution in [3.8, 4) is 0 Å². The average Bonchev–Trinajstić information content (AvgIpc) is 2.81. The third kappa shape index (κ3) is 5.60. The van der Waals surface area contributed by atoms with Crippen molar-refractivity contribution in [3.63, 3.8) is 0 Å². The lowest BCUT2D eigenvalue weighted by Crippen LogP contribution is -2.50. The van der Waals surface area contributed by atoms with Gasteiger partial charge in [0, 0.05) is 31.0 Å². The van der Waals surface area contributed by atoms with E-state index in [1.54, 1.807) is 36.4 Å². The second-order valence-corrected chi connectivity index (χ2v) is 8.17. The molecule has 1 aliphatic rings. The number of hydrogen-bond donors (Lipinski definition) is 2. The fourth-order valence-corrected chi connectivity index (χ4v) is 4.18. The molecule has 2 N–H and O–H groups in total. The van der Waals surface area contributed by atoms with E-state index in [-0.39, 0.29) is 42.0 Å². The van der Waals surface area contributed by atoms with Crippen LogP contribution in [0.4, 0.5) is 14.5 Å². The summed E-state index contributed by atoms with van der Waals surface area (Å²) in [6, 6.07) is 18.1. The lowest BCUT2D eigenvalue weighted by Gasteiger charge is -2.38. The van der Waals surface area contributed by atoms with Gasteiger partial charge in [-0.1, -0.05) is 36.4 Å². The average molecular weight is 454 g/mol. The summed E-state index contributed by atoms with van der Waals surface area (Å²) in [5.74, 6) is -0.995. The summed E-state index contributed by atoms with van der Waals surface area (Å²) < 4.78 is 33.1. The number of nitro benzene ring substituents is 1. The van der Waals surface area contributed by atoms with Crippen molar-refractivity contribution in [2.45, 2.75) is 37.1 Å². The first-order chi connectivity index (χ1) is 15.9. The van der Waals surface area contributed by atoms with Gasteiger partial charge in [0.2, 0.25) is 0 Å². The van der Waals surface area contributed by atoms with E-state index < -0.39 is 11.0 Å². The molecule has 0 amide bonds. The molecule has 4 rings (SSSR count). The van der Waals surface area contributed by atoms with Crippen molar-refractivity contribution in [1.29, 1.82) is 0 Å². The Morgan fingerprint density at radius 3 is 2.00 bits per heavy atom. The maximum atomic E-state index is 13.5. The van der Waals surface area contributed by atoms with E-state index in [0.29, 0.717) is 13.0 Å². The zero-order valence-corrected chi connectivity index (χ0v) is 17.7. The molecule has 6 nitrogen and oxygen atoms in total. The number of rotatable bonds is 7. The second kappa shape index (κ2) is 10.2. The molecule has 0 aromatic heterocycles. The molecule has 0 bridgehead atoms. The van der Waals surface area contributed by atoms with E-state index >= 15 is 0 Å². The van der Waals surface area contributed by atoms with Gasteiger partial charge in [0.1, 0.15) is 11.6 Å². The van der Waals surface area contributed by atoms with E-state index in [0.717, 1.165) is 16.7 Å². The topological polar surface area (TPSA) is 84.6 Å². The number of hydrogen-bond acceptors (Lipinski definition) is 5. The van der Waals surface area contributed by atoms with Crippen LogP contribution in [-0.4, -0.2) is 34.9 Å². The predicted molar refractivity (Wildman–Crippen MR) is 119 cm³/mol. The summed E-state index contributed by atoms with van der Waals surface area (Å²) in [7, 11) is 0. The Hall–Kier alpha value is -3.20. The molecule has 0 spiro atoms. The predicted octanol–water partition coefficient (Wildman–Crippen LogP) is 4.31. The van der Waals surface area contributed by atoms with Crippen molar-refractivity contribution < 1.29 is 23.5 Å². The lowest BCUT2D eigenvalue weighted by molar-refractivity contribution is -0.384.